The first-order chi connectivity index (χ1) is 8.37. The predicted octanol–water partition coefficient (Wildman–Crippen LogP) is 2.18. The van der Waals surface area contributed by atoms with E-state index < -0.39 is 11.7 Å². The third-order valence-corrected chi connectivity index (χ3v) is 3.95. The lowest BCUT2D eigenvalue weighted by Crippen LogP contribution is -2.40. The van der Waals surface area contributed by atoms with Crippen LogP contribution in [-0.2, 0) is 19.4 Å². The van der Waals surface area contributed by atoms with Gasteiger partial charge < -0.3 is 10.2 Å². The Morgan fingerprint density at radius 2 is 2.00 bits per heavy atom. The highest BCUT2D eigenvalue weighted by atomic mass is 35.5. The third kappa shape index (κ3) is 3.05. The second-order valence-corrected chi connectivity index (χ2v) is 5.19. The maximum Gasteiger partial charge on any atom is 0.0880 e. The van der Waals surface area contributed by atoms with Crippen LogP contribution in [0.5, 0.6) is 0 Å². The smallest absolute Gasteiger partial charge is 0.0880 e. The molecule has 1 heterocycles. The van der Waals surface area contributed by atoms with Crippen LogP contribution in [0.1, 0.15) is 45.5 Å². The Balaban J connectivity index is 3.00. The van der Waals surface area contributed by atoms with Gasteiger partial charge in [0.05, 0.1) is 28.1 Å². The van der Waals surface area contributed by atoms with E-state index in [2.05, 4.69) is 5.10 Å². The number of aryl methyl sites for hydroxylation is 2. The molecular formula is C13H23ClN2O2. The summed E-state index contributed by atoms with van der Waals surface area (Å²) in [5.74, 6) is 0. The van der Waals surface area contributed by atoms with Crippen LogP contribution in [0.2, 0.25) is 5.02 Å². The van der Waals surface area contributed by atoms with E-state index in [9.17, 15) is 10.2 Å². The molecule has 5 heteroatoms. The van der Waals surface area contributed by atoms with Crippen LogP contribution in [-0.4, -0.2) is 31.7 Å². The van der Waals surface area contributed by atoms with E-state index in [1.807, 2.05) is 20.8 Å². The van der Waals surface area contributed by atoms with Gasteiger partial charge in [-0.1, -0.05) is 25.4 Å². The van der Waals surface area contributed by atoms with Gasteiger partial charge in [-0.25, -0.2) is 0 Å². The van der Waals surface area contributed by atoms with Crippen LogP contribution in [0.25, 0.3) is 0 Å². The second-order valence-electron chi connectivity index (χ2n) is 4.81. The Hall–Kier alpha value is -0.580. The second kappa shape index (κ2) is 6.04. The van der Waals surface area contributed by atoms with E-state index >= 15 is 0 Å². The summed E-state index contributed by atoms with van der Waals surface area (Å²) >= 11 is 6.27. The predicted molar refractivity (Wildman–Crippen MR) is 72.9 cm³/mol. The molecule has 0 radical (unpaired) electrons. The number of aromatic nitrogens is 2. The van der Waals surface area contributed by atoms with Gasteiger partial charge in [-0.2, -0.15) is 5.10 Å². The summed E-state index contributed by atoms with van der Waals surface area (Å²) < 4.78 is 1.80. The summed E-state index contributed by atoms with van der Waals surface area (Å²) in [5.41, 5.74) is 0.549. The van der Waals surface area contributed by atoms with Crippen LogP contribution in [0.3, 0.4) is 0 Å². The summed E-state index contributed by atoms with van der Waals surface area (Å²) in [5, 5.41) is 25.2. The van der Waals surface area contributed by atoms with Gasteiger partial charge in [0.15, 0.2) is 0 Å². The fourth-order valence-electron chi connectivity index (χ4n) is 1.85. The molecule has 0 amide bonds. The average molecular weight is 275 g/mol. The van der Waals surface area contributed by atoms with Gasteiger partial charge in [-0.05, 0) is 26.7 Å². The molecule has 1 aromatic rings. The molecule has 0 fully saturated rings. The van der Waals surface area contributed by atoms with E-state index in [0.717, 1.165) is 17.8 Å². The Bertz CT molecular complexity index is 402. The van der Waals surface area contributed by atoms with Gasteiger partial charge in [-0.15, -0.1) is 0 Å². The van der Waals surface area contributed by atoms with Crippen molar-refractivity contribution in [3.8, 4) is 0 Å². The van der Waals surface area contributed by atoms with Gasteiger partial charge in [0.1, 0.15) is 0 Å². The van der Waals surface area contributed by atoms with Gasteiger partial charge in [-0.3, -0.25) is 4.68 Å². The maximum absolute atomic E-state index is 10.1. The number of hydrogen-bond donors (Lipinski definition) is 2. The first-order valence-corrected chi connectivity index (χ1v) is 6.89. The molecule has 0 saturated heterocycles. The zero-order valence-electron chi connectivity index (χ0n) is 11.6. The fourth-order valence-corrected chi connectivity index (χ4v) is 2.20. The SMILES string of the molecule is CCc1nn(CC)c(CC(O)C(C)(O)CC)c1Cl. The van der Waals surface area contributed by atoms with Crippen molar-refractivity contribution in [2.24, 2.45) is 0 Å². The van der Waals surface area contributed by atoms with Crippen molar-refractivity contribution >= 4 is 11.6 Å². The molecule has 0 aromatic carbocycles. The van der Waals surface area contributed by atoms with Gasteiger partial charge in [0, 0.05) is 13.0 Å². The summed E-state index contributed by atoms with van der Waals surface area (Å²) in [6, 6.07) is 0. The third-order valence-electron chi connectivity index (χ3n) is 3.51. The summed E-state index contributed by atoms with van der Waals surface area (Å²) in [6.07, 6.45) is 0.735. The zero-order chi connectivity index (χ0) is 13.9. The minimum absolute atomic E-state index is 0.320. The number of aliphatic hydroxyl groups excluding tert-OH is 1. The number of aliphatic hydroxyl groups is 2. The van der Waals surface area contributed by atoms with Gasteiger partial charge >= 0.3 is 0 Å². The lowest BCUT2D eigenvalue weighted by atomic mass is 9.92. The van der Waals surface area contributed by atoms with E-state index in [1.165, 1.54) is 0 Å². The van der Waals surface area contributed by atoms with Crippen molar-refractivity contribution in [3.63, 3.8) is 0 Å². The topological polar surface area (TPSA) is 58.3 Å². The van der Waals surface area contributed by atoms with Crippen molar-refractivity contribution in [1.82, 2.24) is 9.78 Å². The molecule has 18 heavy (non-hydrogen) atoms. The summed E-state index contributed by atoms with van der Waals surface area (Å²) in [4.78, 5) is 0. The normalized spacial score (nSPS) is 16.6. The molecule has 0 aliphatic rings. The van der Waals surface area contributed by atoms with Crippen LogP contribution < -0.4 is 0 Å². The highest BCUT2D eigenvalue weighted by Gasteiger charge is 2.30. The first-order valence-electron chi connectivity index (χ1n) is 6.51. The Labute approximate surface area is 114 Å². The largest absolute Gasteiger partial charge is 0.390 e. The van der Waals surface area contributed by atoms with Gasteiger partial charge in [0.2, 0.25) is 0 Å². The molecule has 2 atom stereocenters. The standard InChI is InChI=1S/C13H23ClN2O2/c1-5-9-12(14)10(16(7-3)15-9)8-11(17)13(4,18)6-2/h11,17-18H,5-8H2,1-4H3. The van der Waals surface area contributed by atoms with Crippen molar-refractivity contribution in [2.45, 2.75) is 65.2 Å². The lowest BCUT2D eigenvalue weighted by Gasteiger charge is -2.27. The van der Waals surface area contributed by atoms with Crippen LogP contribution in [0, 0.1) is 0 Å². The zero-order valence-corrected chi connectivity index (χ0v) is 12.3. The molecule has 0 bridgehead atoms. The van der Waals surface area contributed by atoms with Crippen molar-refractivity contribution in [1.29, 1.82) is 0 Å². The van der Waals surface area contributed by atoms with Gasteiger partial charge in [0.25, 0.3) is 0 Å². The Morgan fingerprint density at radius 3 is 2.44 bits per heavy atom. The van der Waals surface area contributed by atoms with E-state index in [1.54, 1.807) is 11.6 Å². The van der Waals surface area contributed by atoms with E-state index in [-0.39, 0.29) is 0 Å². The summed E-state index contributed by atoms with van der Waals surface area (Å²) in [7, 11) is 0. The highest BCUT2D eigenvalue weighted by Crippen LogP contribution is 2.26. The molecule has 1 aromatic heterocycles. The number of nitrogens with zero attached hydrogens (tertiary/aromatic N) is 2. The average Bonchev–Trinajstić information content (AvgIpc) is 2.66. The summed E-state index contributed by atoms with van der Waals surface area (Å²) in [6.45, 7) is 8.17. The monoisotopic (exact) mass is 274 g/mol. The number of rotatable bonds is 6. The van der Waals surface area contributed by atoms with Crippen LogP contribution >= 0.6 is 11.6 Å². The molecular weight excluding hydrogens is 252 g/mol. The molecule has 0 spiro atoms. The maximum atomic E-state index is 10.1. The van der Waals surface area contributed by atoms with E-state index in [4.69, 9.17) is 11.6 Å². The Kier molecular flexibility index (Phi) is 5.20. The minimum atomic E-state index is -1.10. The molecule has 104 valence electrons. The number of halogens is 1. The molecule has 0 aliphatic heterocycles. The van der Waals surface area contributed by atoms with E-state index in [0.29, 0.717) is 24.4 Å². The molecule has 0 aliphatic carbocycles. The Morgan fingerprint density at radius 1 is 1.39 bits per heavy atom. The molecule has 4 nitrogen and oxygen atoms in total. The van der Waals surface area contributed by atoms with Crippen molar-refractivity contribution < 1.29 is 10.2 Å². The van der Waals surface area contributed by atoms with Crippen molar-refractivity contribution in [2.75, 3.05) is 0 Å². The molecule has 0 saturated carbocycles. The molecule has 1 rings (SSSR count). The van der Waals surface area contributed by atoms with Crippen LogP contribution in [0.15, 0.2) is 0 Å². The fraction of sp³-hybridized carbons (Fsp3) is 0.769. The first kappa shape index (κ1) is 15.5. The van der Waals surface area contributed by atoms with Crippen LogP contribution in [0.4, 0.5) is 0 Å². The highest BCUT2D eigenvalue weighted by molar-refractivity contribution is 6.31. The lowest BCUT2D eigenvalue weighted by molar-refractivity contribution is -0.0636. The minimum Gasteiger partial charge on any atom is -0.390 e. The quantitative estimate of drug-likeness (QED) is 0.836. The van der Waals surface area contributed by atoms with Crippen molar-refractivity contribution in [3.05, 3.63) is 16.4 Å². The number of hydrogen-bond acceptors (Lipinski definition) is 3. The molecule has 2 unspecified atom stereocenters. The molecule has 2 N–H and O–H groups in total.